The summed E-state index contributed by atoms with van der Waals surface area (Å²) in [6.07, 6.45) is 3.87. The molecule has 0 unspecified atom stereocenters. The number of carbonyl (C=O) groups excluding carboxylic acids is 1. The average molecular weight is 279 g/mol. The number of hydrogen-bond acceptors (Lipinski definition) is 3. The van der Waals surface area contributed by atoms with E-state index in [9.17, 15) is 9.18 Å². The molecule has 1 amide bonds. The van der Waals surface area contributed by atoms with Crippen LogP contribution in [0.5, 0.6) is 0 Å². The highest BCUT2D eigenvalue weighted by Gasteiger charge is 2.10. The van der Waals surface area contributed by atoms with Gasteiger partial charge in [0.1, 0.15) is 5.82 Å². The van der Waals surface area contributed by atoms with Crippen LogP contribution in [-0.2, 0) is 6.54 Å². The standard InChI is InChI=1S/C15H22FN3O/c16-14-5-4-12(15(17)20)10-13(14)11-18-6-9-19-7-2-1-3-8-19/h4-5,10,18H,1-3,6-9,11H2,(H2,17,20). The number of carbonyl (C=O) groups is 1. The van der Waals surface area contributed by atoms with Crippen molar-refractivity contribution in [2.45, 2.75) is 25.8 Å². The molecule has 1 saturated heterocycles. The number of benzene rings is 1. The molecule has 110 valence electrons. The SMILES string of the molecule is NC(=O)c1ccc(F)c(CNCCN2CCCCC2)c1. The van der Waals surface area contributed by atoms with Gasteiger partial charge in [-0.25, -0.2) is 4.39 Å². The third-order valence-electron chi connectivity index (χ3n) is 3.70. The monoisotopic (exact) mass is 279 g/mol. The third kappa shape index (κ3) is 4.28. The maximum Gasteiger partial charge on any atom is 0.248 e. The summed E-state index contributed by atoms with van der Waals surface area (Å²) < 4.78 is 13.6. The minimum Gasteiger partial charge on any atom is -0.366 e. The zero-order chi connectivity index (χ0) is 14.4. The van der Waals surface area contributed by atoms with Gasteiger partial charge in [-0.3, -0.25) is 4.79 Å². The number of nitrogens with two attached hydrogens (primary N) is 1. The molecule has 1 aromatic rings. The average Bonchev–Trinajstić information content (AvgIpc) is 2.46. The minimum absolute atomic E-state index is 0.305. The number of amides is 1. The first-order valence-corrected chi connectivity index (χ1v) is 7.18. The van der Waals surface area contributed by atoms with Gasteiger partial charge in [-0.1, -0.05) is 6.42 Å². The van der Waals surface area contributed by atoms with Crippen molar-refractivity contribution < 1.29 is 9.18 Å². The predicted molar refractivity (Wildman–Crippen MR) is 76.9 cm³/mol. The molecule has 0 bridgehead atoms. The van der Waals surface area contributed by atoms with Crippen molar-refractivity contribution in [3.8, 4) is 0 Å². The highest BCUT2D eigenvalue weighted by Crippen LogP contribution is 2.10. The van der Waals surface area contributed by atoms with Gasteiger partial charge in [-0.2, -0.15) is 0 Å². The summed E-state index contributed by atoms with van der Waals surface area (Å²) >= 11 is 0. The van der Waals surface area contributed by atoms with Crippen LogP contribution in [-0.4, -0.2) is 37.0 Å². The molecular weight excluding hydrogens is 257 g/mol. The fourth-order valence-electron chi connectivity index (χ4n) is 2.51. The number of piperidine rings is 1. The number of nitrogens with zero attached hydrogens (tertiary/aromatic N) is 1. The molecule has 0 atom stereocenters. The summed E-state index contributed by atoms with van der Waals surface area (Å²) in [5.74, 6) is -0.833. The Kier molecular flexibility index (Phi) is 5.49. The van der Waals surface area contributed by atoms with Gasteiger partial charge < -0.3 is 16.0 Å². The van der Waals surface area contributed by atoms with Crippen LogP contribution in [0.4, 0.5) is 4.39 Å². The van der Waals surface area contributed by atoms with Crippen LogP contribution in [0.15, 0.2) is 18.2 Å². The molecule has 1 aromatic carbocycles. The van der Waals surface area contributed by atoms with Crippen LogP contribution in [0, 0.1) is 5.82 Å². The van der Waals surface area contributed by atoms with Gasteiger partial charge in [-0.15, -0.1) is 0 Å². The lowest BCUT2D eigenvalue weighted by Gasteiger charge is -2.26. The summed E-state index contributed by atoms with van der Waals surface area (Å²) in [6.45, 7) is 4.54. The largest absolute Gasteiger partial charge is 0.366 e. The lowest BCUT2D eigenvalue weighted by atomic mass is 10.1. The molecule has 1 aliphatic heterocycles. The Hall–Kier alpha value is -1.46. The molecule has 3 N–H and O–H groups in total. The van der Waals surface area contributed by atoms with Gasteiger partial charge in [-0.05, 0) is 44.1 Å². The maximum atomic E-state index is 13.6. The zero-order valence-corrected chi connectivity index (χ0v) is 11.7. The quantitative estimate of drug-likeness (QED) is 0.776. The molecule has 20 heavy (non-hydrogen) atoms. The van der Waals surface area contributed by atoms with Gasteiger partial charge in [0.2, 0.25) is 5.91 Å². The van der Waals surface area contributed by atoms with Gasteiger partial charge >= 0.3 is 0 Å². The predicted octanol–water partition coefficient (Wildman–Crippen LogP) is 1.50. The highest BCUT2D eigenvalue weighted by molar-refractivity contribution is 5.92. The molecule has 1 aliphatic rings. The molecule has 0 aliphatic carbocycles. The van der Waals surface area contributed by atoms with Crippen molar-refractivity contribution in [3.05, 3.63) is 35.1 Å². The lowest BCUT2D eigenvalue weighted by molar-refractivity contribution is 0.1000. The summed E-state index contributed by atoms with van der Waals surface area (Å²) in [6, 6.07) is 4.22. The second-order valence-electron chi connectivity index (χ2n) is 5.25. The van der Waals surface area contributed by atoms with Crippen molar-refractivity contribution in [1.82, 2.24) is 10.2 Å². The lowest BCUT2D eigenvalue weighted by Crippen LogP contribution is -2.35. The van der Waals surface area contributed by atoms with E-state index in [-0.39, 0.29) is 5.82 Å². The molecule has 0 spiro atoms. The van der Waals surface area contributed by atoms with Crippen LogP contribution >= 0.6 is 0 Å². The summed E-state index contributed by atoms with van der Waals surface area (Å²) in [5, 5.41) is 3.22. The van der Waals surface area contributed by atoms with Gasteiger partial charge in [0, 0.05) is 30.8 Å². The van der Waals surface area contributed by atoms with E-state index in [0.29, 0.717) is 17.7 Å². The Morgan fingerprint density at radius 3 is 2.75 bits per heavy atom. The number of nitrogens with one attached hydrogen (secondary N) is 1. The van der Waals surface area contributed by atoms with Crippen molar-refractivity contribution in [3.63, 3.8) is 0 Å². The van der Waals surface area contributed by atoms with Crippen molar-refractivity contribution in [2.24, 2.45) is 5.73 Å². The Labute approximate surface area is 119 Å². The molecule has 2 rings (SSSR count). The third-order valence-corrected chi connectivity index (χ3v) is 3.70. The van der Waals surface area contributed by atoms with Crippen LogP contribution in [0.1, 0.15) is 35.2 Å². The first-order chi connectivity index (χ1) is 9.66. The Morgan fingerprint density at radius 2 is 2.05 bits per heavy atom. The molecule has 0 aromatic heterocycles. The van der Waals surface area contributed by atoms with Crippen LogP contribution in [0.3, 0.4) is 0 Å². The second kappa shape index (κ2) is 7.36. The number of likely N-dealkylation sites (tertiary alicyclic amines) is 1. The van der Waals surface area contributed by atoms with Crippen molar-refractivity contribution >= 4 is 5.91 Å². The van der Waals surface area contributed by atoms with E-state index in [4.69, 9.17) is 5.73 Å². The molecule has 1 fully saturated rings. The maximum absolute atomic E-state index is 13.6. The van der Waals surface area contributed by atoms with Gasteiger partial charge in [0.25, 0.3) is 0 Å². The first kappa shape index (κ1) is 14.9. The van der Waals surface area contributed by atoms with Gasteiger partial charge in [0.15, 0.2) is 0 Å². The Morgan fingerprint density at radius 1 is 1.30 bits per heavy atom. The number of primary amides is 1. The van der Waals surface area contributed by atoms with Crippen molar-refractivity contribution in [1.29, 1.82) is 0 Å². The number of halogens is 1. The summed E-state index contributed by atoms with van der Waals surface area (Å²) in [7, 11) is 0. The molecule has 0 radical (unpaired) electrons. The molecule has 5 heteroatoms. The van der Waals surface area contributed by atoms with E-state index in [1.807, 2.05) is 0 Å². The Balaban J connectivity index is 1.78. The molecule has 4 nitrogen and oxygen atoms in total. The van der Waals surface area contributed by atoms with Crippen LogP contribution in [0.2, 0.25) is 0 Å². The van der Waals surface area contributed by atoms with E-state index < -0.39 is 5.91 Å². The fraction of sp³-hybridized carbons (Fsp3) is 0.533. The smallest absolute Gasteiger partial charge is 0.248 e. The molecule has 0 saturated carbocycles. The summed E-state index contributed by atoms with van der Waals surface area (Å²) in [4.78, 5) is 13.5. The van der Waals surface area contributed by atoms with E-state index >= 15 is 0 Å². The molecule has 1 heterocycles. The van der Waals surface area contributed by atoms with E-state index in [1.54, 1.807) is 0 Å². The first-order valence-electron chi connectivity index (χ1n) is 7.18. The Bertz CT molecular complexity index is 458. The van der Waals surface area contributed by atoms with E-state index in [2.05, 4.69) is 10.2 Å². The number of hydrogen-bond donors (Lipinski definition) is 2. The normalized spacial score (nSPS) is 16.2. The van der Waals surface area contributed by atoms with Crippen LogP contribution in [0.25, 0.3) is 0 Å². The second-order valence-corrected chi connectivity index (χ2v) is 5.25. The van der Waals surface area contributed by atoms with Crippen LogP contribution < -0.4 is 11.1 Å². The fourth-order valence-corrected chi connectivity index (χ4v) is 2.51. The van der Waals surface area contributed by atoms with E-state index in [1.165, 1.54) is 37.5 Å². The zero-order valence-electron chi connectivity index (χ0n) is 11.7. The van der Waals surface area contributed by atoms with Crippen molar-refractivity contribution in [2.75, 3.05) is 26.2 Å². The summed E-state index contributed by atoms with van der Waals surface area (Å²) in [5.41, 5.74) is 6.03. The highest BCUT2D eigenvalue weighted by atomic mass is 19.1. The van der Waals surface area contributed by atoms with E-state index in [0.717, 1.165) is 26.2 Å². The van der Waals surface area contributed by atoms with Gasteiger partial charge in [0.05, 0.1) is 0 Å². The molecular formula is C15H22FN3O. The number of rotatable bonds is 6. The minimum atomic E-state index is -0.528. The topological polar surface area (TPSA) is 58.4 Å².